The van der Waals surface area contributed by atoms with E-state index < -0.39 is 11.2 Å². The zero-order valence-corrected chi connectivity index (χ0v) is 14.9. The molecule has 0 unspecified atom stereocenters. The molecule has 0 spiro atoms. The molecule has 0 saturated heterocycles. The molecule has 144 valence electrons. The van der Waals surface area contributed by atoms with Gasteiger partial charge >= 0.3 is 5.69 Å². The number of amides is 1. The van der Waals surface area contributed by atoms with Crippen LogP contribution in [0.5, 0.6) is 0 Å². The predicted octanol–water partition coefficient (Wildman–Crippen LogP) is 1.04. The normalized spacial score (nSPS) is 13.4. The van der Waals surface area contributed by atoms with Crippen LogP contribution in [0, 0.1) is 5.82 Å². The maximum absolute atomic E-state index is 13.6. The van der Waals surface area contributed by atoms with Crippen LogP contribution < -0.4 is 11.2 Å². The van der Waals surface area contributed by atoms with Gasteiger partial charge in [-0.3, -0.25) is 19.7 Å². The molecule has 3 aromatic rings. The first-order chi connectivity index (χ1) is 13.5. The van der Waals surface area contributed by atoms with Crippen molar-refractivity contribution in [2.24, 2.45) is 0 Å². The molecule has 0 fully saturated rings. The minimum absolute atomic E-state index is 0.102. The van der Waals surface area contributed by atoms with Crippen molar-refractivity contribution in [3.63, 3.8) is 0 Å². The summed E-state index contributed by atoms with van der Waals surface area (Å²) in [7, 11) is 0. The second-order valence-electron chi connectivity index (χ2n) is 6.66. The Kier molecular flexibility index (Phi) is 4.64. The van der Waals surface area contributed by atoms with Crippen LogP contribution >= 0.6 is 0 Å². The number of hydrogen-bond acceptors (Lipinski definition) is 4. The average Bonchev–Trinajstić information content (AvgIpc) is 3.10. The molecule has 0 saturated carbocycles. The van der Waals surface area contributed by atoms with Crippen LogP contribution in [0.1, 0.15) is 17.7 Å². The zero-order chi connectivity index (χ0) is 19.7. The Morgan fingerprint density at radius 2 is 2.11 bits per heavy atom. The molecule has 0 radical (unpaired) electrons. The molecular formula is C19H18FN5O3. The maximum atomic E-state index is 13.6. The van der Waals surface area contributed by atoms with Gasteiger partial charge in [0.15, 0.2) is 0 Å². The monoisotopic (exact) mass is 383 g/mol. The number of aryl methyl sites for hydroxylation is 1. The van der Waals surface area contributed by atoms with Gasteiger partial charge in [0.1, 0.15) is 5.82 Å². The minimum Gasteiger partial charge on any atom is -0.338 e. The molecule has 0 bridgehead atoms. The van der Waals surface area contributed by atoms with Crippen LogP contribution in [0.3, 0.4) is 0 Å². The van der Waals surface area contributed by atoms with E-state index in [1.54, 1.807) is 17.0 Å². The third-order valence-corrected chi connectivity index (χ3v) is 4.85. The van der Waals surface area contributed by atoms with Crippen molar-refractivity contribution in [3.05, 3.63) is 74.4 Å². The molecular weight excluding hydrogens is 365 g/mol. The highest BCUT2D eigenvalue weighted by atomic mass is 19.1. The van der Waals surface area contributed by atoms with E-state index in [9.17, 15) is 18.8 Å². The average molecular weight is 383 g/mol. The number of H-pyrrole nitrogens is 2. The molecule has 3 heterocycles. The van der Waals surface area contributed by atoms with E-state index in [0.717, 1.165) is 11.3 Å². The number of benzene rings is 1. The van der Waals surface area contributed by atoms with Gasteiger partial charge in [-0.15, -0.1) is 0 Å². The Hall–Kier alpha value is -3.49. The number of aromatic nitrogens is 4. The summed E-state index contributed by atoms with van der Waals surface area (Å²) >= 11 is 0. The van der Waals surface area contributed by atoms with Crippen LogP contribution in [-0.4, -0.2) is 37.1 Å². The smallest absolute Gasteiger partial charge is 0.328 e. The number of carbonyl (C=O) groups is 1. The van der Waals surface area contributed by atoms with Crippen molar-refractivity contribution < 1.29 is 9.18 Å². The second kappa shape index (κ2) is 7.26. The summed E-state index contributed by atoms with van der Waals surface area (Å²) < 4.78 is 14.9. The number of carbonyl (C=O) groups excluding carboxylic acids is 1. The third-order valence-electron chi connectivity index (χ3n) is 4.85. The van der Waals surface area contributed by atoms with E-state index in [1.165, 1.54) is 29.0 Å². The van der Waals surface area contributed by atoms with E-state index in [4.69, 9.17) is 0 Å². The number of hydrogen-bond donors (Lipinski definition) is 2. The molecule has 2 aromatic heterocycles. The lowest BCUT2D eigenvalue weighted by atomic mass is 10.0. The molecule has 2 N–H and O–H groups in total. The number of aromatic amines is 2. The molecule has 0 aliphatic carbocycles. The minimum atomic E-state index is -0.538. The van der Waals surface area contributed by atoms with Crippen LogP contribution in [-0.2, 0) is 24.3 Å². The summed E-state index contributed by atoms with van der Waals surface area (Å²) in [5, 5.41) is 7.29. The van der Waals surface area contributed by atoms with Crippen molar-refractivity contribution in [2.75, 3.05) is 6.54 Å². The van der Waals surface area contributed by atoms with Crippen LogP contribution in [0.25, 0.3) is 11.3 Å². The van der Waals surface area contributed by atoms with E-state index in [0.29, 0.717) is 30.8 Å². The van der Waals surface area contributed by atoms with Gasteiger partial charge in [0.2, 0.25) is 5.91 Å². The van der Waals surface area contributed by atoms with Crippen LogP contribution in [0.15, 0.2) is 46.1 Å². The van der Waals surface area contributed by atoms with Gasteiger partial charge in [-0.25, -0.2) is 9.18 Å². The quantitative estimate of drug-likeness (QED) is 0.702. The molecule has 1 aliphatic rings. The zero-order valence-electron chi connectivity index (χ0n) is 14.9. The maximum Gasteiger partial charge on any atom is 0.328 e. The summed E-state index contributed by atoms with van der Waals surface area (Å²) in [6, 6.07) is 7.44. The largest absolute Gasteiger partial charge is 0.338 e. The summed E-state index contributed by atoms with van der Waals surface area (Å²) in [5.74, 6) is -0.445. The van der Waals surface area contributed by atoms with Crippen LogP contribution in [0.4, 0.5) is 4.39 Å². The lowest BCUT2D eigenvalue weighted by Gasteiger charge is -2.27. The number of fused-ring (bicyclic) bond motifs is 1. The molecule has 1 aliphatic heterocycles. The van der Waals surface area contributed by atoms with Gasteiger partial charge in [0, 0.05) is 61.6 Å². The van der Waals surface area contributed by atoms with E-state index in [1.807, 2.05) is 0 Å². The topological polar surface area (TPSA) is 104 Å². The highest BCUT2D eigenvalue weighted by molar-refractivity contribution is 5.77. The lowest BCUT2D eigenvalue weighted by molar-refractivity contribution is -0.132. The van der Waals surface area contributed by atoms with Gasteiger partial charge in [-0.05, 0) is 12.1 Å². The van der Waals surface area contributed by atoms with Gasteiger partial charge in [-0.1, -0.05) is 12.1 Å². The molecule has 28 heavy (non-hydrogen) atoms. The molecule has 4 rings (SSSR count). The fourth-order valence-corrected chi connectivity index (χ4v) is 3.38. The standard InChI is InChI=1S/C19H18FN5O3/c20-13-3-1-2-12(10-13)18-14-11-25(7-4-15(14)22-23-18)17(27)6-9-24-8-5-16(26)21-19(24)28/h1-3,5,8,10H,4,6-7,9,11H2,(H,22,23)(H,21,26,28). The van der Waals surface area contributed by atoms with E-state index >= 15 is 0 Å². The van der Waals surface area contributed by atoms with Crippen LogP contribution in [0.2, 0.25) is 0 Å². The Morgan fingerprint density at radius 3 is 2.89 bits per heavy atom. The fourth-order valence-electron chi connectivity index (χ4n) is 3.38. The van der Waals surface area contributed by atoms with Gasteiger partial charge in [-0.2, -0.15) is 5.10 Å². The van der Waals surface area contributed by atoms with Gasteiger partial charge < -0.3 is 9.47 Å². The number of nitrogens with one attached hydrogen (secondary N) is 2. The molecule has 1 amide bonds. The Bertz CT molecular complexity index is 1150. The number of rotatable bonds is 4. The highest BCUT2D eigenvalue weighted by Crippen LogP contribution is 2.28. The first-order valence-corrected chi connectivity index (χ1v) is 8.91. The van der Waals surface area contributed by atoms with Crippen molar-refractivity contribution in [3.8, 4) is 11.3 Å². The van der Waals surface area contributed by atoms with Gasteiger partial charge in [0.05, 0.1) is 5.69 Å². The Morgan fingerprint density at radius 1 is 1.25 bits per heavy atom. The second-order valence-corrected chi connectivity index (χ2v) is 6.66. The Balaban J connectivity index is 1.49. The fraction of sp³-hybridized carbons (Fsp3) is 0.263. The summed E-state index contributed by atoms with van der Waals surface area (Å²) in [6.45, 7) is 1.09. The van der Waals surface area contributed by atoms with Gasteiger partial charge in [0.25, 0.3) is 5.56 Å². The third kappa shape index (κ3) is 3.51. The lowest BCUT2D eigenvalue weighted by Crippen LogP contribution is -2.37. The Labute approximate surface area is 158 Å². The van der Waals surface area contributed by atoms with Crippen molar-refractivity contribution in [2.45, 2.75) is 25.9 Å². The van der Waals surface area contributed by atoms with Crippen molar-refractivity contribution >= 4 is 5.91 Å². The van der Waals surface area contributed by atoms with Crippen molar-refractivity contribution in [1.82, 2.24) is 24.6 Å². The summed E-state index contributed by atoms with van der Waals surface area (Å²) in [6.07, 6.45) is 2.14. The van der Waals surface area contributed by atoms with Crippen molar-refractivity contribution in [1.29, 1.82) is 0 Å². The predicted molar refractivity (Wildman–Crippen MR) is 99.0 cm³/mol. The first-order valence-electron chi connectivity index (χ1n) is 8.91. The summed E-state index contributed by atoms with van der Waals surface area (Å²) in [5.41, 5.74) is 2.12. The van der Waals surface area contributed by atoms with E-state index in [-0.39, 0.29) is 24.7 Å². The molecule has 9 heteroatoms. The summed E-state index contributed by atoms with van der Waals surface area (Å²) in [4.78, 5) is 39.3. The van der Waals surface area contributed by atoms with E-state index in [2.05, 4.69) is 15.2 Å². The molecule has 8 nitrogen and oxygen atoms in total. The number of halogens is 1. The molecule has 1 aromatic carbocycles. The molecule has 0 atom stereocenters. The number of nitrogens with zero attached hydrogens (tertiary/aromatic N) is 3. The SMILES string of the molecule is O=C(CCn1ccc(=O)[nH]c1=O)N1CCc2[nH]nc(-c3cccc(F)c3)c2C1. The first kappa shape index (κ1) is 17.9. The highest BCUT2D eigenvalue weighted by Gasteiger charge is 2.25.